The minimum Gasteiger partial charge on any atom is -0.497 e. The highest BCUT2D eigenvalue weighted by atomic mass is 32.1. The molecule has 5 rings (SSSR count). The molecular formula is C26H30N4O4S. The fraction of sp³-hybridized carbons (Fsp3) is 0.462. The number of ether oxygens (including phenoxy) is 1. The summed E-state index contributed by atoms with van der Waals surface area (Å²) < 4.78 is 7.16. The van der Waals surface area contributed by atoms with E-state index < -0.39 is 5.41 Å². The number of thiocarbonyl (C=S) groups is 1. The number of piperidine rings is 1. The van der Waals surface area contributed by atoms with Crippen LogP contribution in [-0.4, -0.2) is 77.0 Å². The zero-order chi connectivity index (χ0) is 24.9. The average molecular weight is 495 g/mol. The van der Waals surface area contributed by atoms with Crippen molar-refractivity contribution in [1.29, 1.82) is 0 Å². The Morgan fingerprint density at radius 2 is 1.66 bits per heavy atom. The van der Waals surface area contributed by atoms with Crippen LogP contribution in [0.5, 0.6) is 5.75 Å². The molecule has 0 aliphatic carbocycles. The van der Waals surface area contributed by atoms with E-state index in [0.717, 1.165) is 30.0 Å². The van der Waals surface area contributed by atoms with E-state index in [0.29, 0.717) is 25.6 Å². The zero-order valence-corrected chi connectivity index (χ0v) is 21.1. The first-order valence-corrected chi connectivity index (χ1v) is 12.3. The second kappa shape index (κ2) is 8.87. The van der Waals surface area contributed by atoms with E-state index in [1.54, 1.807) is 27.3 Å². The van der Waals surface area contributed by atoms with Crippen LogP contribution in [0.4, 0.5) is 0 Å². The lowest BCUT2D eigenvalue weighted by atomic mass is 9.75. The average Bonchev–Trinajstić information content (AvgIpc) is 2.86. The molecule has 2 saturated heterocycles. The Bertz CT molecular complexity index is 1220. The van der Waals surface area contributed by atoms with Crippen LogP contribution < -0.4 is 10.3 Å². The summed E-state index contributed by atoms with van der Waals surface area (Å²) in [5, 5.41) is 0.217. The normalized spacial score (nSPS) is 23.9. The van der Waals surface area contributed by atoms with E-state index in [1.807, 2.05) is 41.0 Å². The van der Waals surface area contributed by atoms with Gasteiger partial charge in [0.25, 0.3) is 5.56 Å². The van der Waals surface area contributed by atoms with E-state index >= 15 is 0 Å². The first-order valence-electron chi connectivity index (χ1n) is 11.9. The van der Waals surface area contributed by atoms with Crippen LogP contribution in [0.15, 0.2) is 47.3 Å². The van der Waals surface area contributed by atoms with Gasteiger partial charge in [0.05, 0.1) is 7.11 Å². The van der Waals surface area contributed by atoms with Gasteiger partial charge >= 0.3 is 0 Å². The standard InChI is InChI=1S/C26H30N4O4S/c1-27-23(32)26(24(33)28(2)25(27)35,12-17-7-9-20(34-3)10-8-17)16-29-13-18-11-19(15-29)21-5-4-6-22(31)30(21)14-18/h4-10,18-19H,11-16H2,1-3H3/t18-,19+/m0/s1. The molecule has 4 heterocycles. The van der Waals surface area contributed by atoms with Gasteiger partial charge in [0.1, 0.15) is 11.2 Å². The number of pyridine rings is 1. The van der Waals surface area contributed by atoms with Crippen molar-refractivity contribution in [2.24, 2.45) is 11.3 Å². The third-order valence-corrected chi connectivity index (χ3v) is 8.26. The van der Waals surface area contributed by atoms with Crippen LogP contribution >= 0.6 is 12.2 Å². The van der Waals surface area contributed by atoms with Crippen molar-refractivity contribution in [3.63, 3.8) is 0 Å². The minimum absolute atomic E-state index is 0.0380. The summed E-state index contributed by atoms with van der Waals surface area (Å²) in [4.78, 5) is 45.1. The number of hydrogen-bond acceptors (Lipinski definition) is 6. The zero-order valence-electron chi connectivity index (χ0n) is 20.3. The molecule has 1 aromatic carbocycles. The molecule has 1 aromatic heterocycles. The molecule has 2 atom stereocenters. The summed E-state index contributed by atoms with van der Waals surface area (Å²) in [5.74, 6) is 0.671. The van der Waals surface area contributed by atoms with Crippen LogP contribution in [0.2, 0.25) is 0 Å². The van der Waals surface area contributed by atoms with E-state index in [2.05, 4.69) is 4.90 Å². The van der Waals surface area contributed by atoms with Crippen LogP contribution in [0, 0.1) is 11.3 Å². The summed E-state index contributed by atoms with van der Waals surface area (Å²) >= 11 is 5.38. The molecular weight excluding hydrogens is 464 g/mol. The molecule has 3 aliphatic heterocycles. The van der Waals surface area contributed by atoms with Crippen LogP contribution in [0.25, 0.3) is 0 Å². The fourth-order valence-corrected chi connectivity index (χ4v) is 6.24. The Balaban J connectivity index is 1.49. The molecule has 2 bridgehead atoms. The second-order valence-electron chi connectivity index (χ2n) is 10.0. The summed E-state index contributed by atoms with van der Waals surface area (Å²) in [5.41, 5.74) is 0.675. The molecule has 35 heavy (non-hydrogen) atoms. The predicted molar refractivity (Wildman–Crippen MR) is 135 cm³/mol. The van der Waals surface area contributed by atoms with Gasteiger partial charge in [0.15, 0.2) is 5.11 Å². The van der Waals surface area contributed by atoms with Crippen molar-refractivity contribution in [3.05, 3.63) is 64.1 Å². The number of aromatic nitrogens is 1. The van der Waals surface area contributed by atoms with Gasteiger partial charge in [-0.2, -0.15) is 0 Å². The summed E-state index contributed by atoms with van der Waals surface area (Å²) in [6, 6.07) is 13.0. The van der Waals surface area contributed by atoms with Crippen molar-refractivity contribution < 1.29 is 14.3 Å². The largest absolute Gasteiger partial charge is 0.497 e. The predicted octanol–water partition coefficient (Wildman–Crippen LogP) is 1.72. The van der Waals surface area contributed by atoms with Crippen LogP contribution in [0.3, 0.4) is 0 Å². The Kier molecular flexibility index (Phi) is 6.01. The molecule has 2 amide bonds. The van der Waals surface area contributed by atoms with E-state index in [1.165, 1.54) is 9.80 Å². The highest BCUT2D eigenvalue weighted by Crippen LogP contribution is 2.39. The highest BCUT2D eigenvalue weighted by Gasteiger charge is 2.55. The summed E-state index contributed by atoms with van der Waals surface area (Å²) in [7, 11) is 4.89. The topological polar surface area (TPSA) is 75.1 Å². The summed E-state index contributed by atoms with van der Waals surface area (Å²) in [6.45, 7) is 2.40. The van der Waals surface area contributed by atoms with Gasteiger partial charge in [-0.05, 0) is 54.7 Å². The SMILES string of the molecule is COc1ccc(CC2(CN3C[C@@H]4C[C@H](C3)c3cccc(=O)n3C4)C(=O)N(C)C(=S)N(C)C2=O)cc1. The molecule has 0 spiro atoms. The first kappa shape index (κ1) is 23.7. The van der Waals surface area contributed by atoms with Gasteiger partial charge in [-0.1, -0.05) is 18.2 Å². The van der Waals surface area contributed by atoms with Crippen LogP contribution in [0.1, 0.15) is 23.6 Å². The van der Waals surface area contributed by atoms with Gasteiger partial charge in [0.2, 0.25) is 11.8 Å². The number of carbonyl (C=O) groups excluding carboxylic acids is 2. The van der Waals surface area contributed by atoms with Crippen molar-refractivity contribution in [3.8, 4) is 5.75 Å². The number of likely N-dealkylation sites (tertiary alicyclic amines) is 1. The molecule has 2 fully saturated rings. The fourth-order valence-electron chi connectivity index (χ4n) is 6.07. The van der Waals surface area contributed by atoms with E-state index in [9.17, 15) is 14.4 Å². The number of rotatable bonds is 5. The number of carbonyl (C=O) groups is 2. The molecule has 0 N–H and O–H groups in total. The molecule has 2 aromatic rings. The smallest absolute Gasteiger partial charge is 0.250 e. The number of nitrogens with zero attached hydrogens (tertiary/aromatic N) is 4. The molecule has 9 heteroatoms. The van der Waals surface area contributed by atoms with Gasteiger partial charge in [-0.15, -0.1) is 0 Å². The molecule has 0 saturated carbocycles. The van der Waals surface area contributed by atoms with Gasteiger partial charge in [-0.25, -0.2) is 0 Å². The lowest BCUT2D eigenvalue weighted by Crippen LogP contribution is -2.67. The molecule has 8 nitrogen and oxygen atoms in total. The lowest BCUT2D eigenvalue weighted by Gasteiger charge is -2.48. The van der Waals surface area contributed by atoms with Crippen molar-refractivity contribution in [2.75, 3.05) is 40.8 Å². The molecule has 3 aliphatic rings. The van der Waals surface area contributed by atoms with E-state index in [4.69, 9.17) is 17.0 Å². The minimum atomic E-state index is -1.29. The second-order valence-corrected chi connectivity index (χ2v) is 10.4. The Morgan fingerprint density at radius 3 is 2.31 bits per heavy atom. The van der Waals surface area contributed by atoms with Gasteiger partial charge in [0, 0.05) is 58.0 Å². The maximum atomic E-state index is 13.8. The van der Waals surface area contributed by atoms with Crippen molar-refractivity contribution in [2.45, 2.75) is 25.3 Å². The maximum absolute atomic E-state index is 13.8. The monoisotopic (exact) mass is 494 g/mol. The van der Waals surface area contributed by atoms with Gasteiger partial charge < -0.3 is 14.2 Å². The number of hydrogen-bond donors (Lipinski definition) is 0. The third-order valence-electron chi connectivity index (χ3n) is 7.72. The highest BCUT2D eigenvalue weighted by molar-refractivity contribution is 7.80. The Hall–Kier alpha value is -3.04. The number of fused-ring (bicyclic) bond motifs is 4. The number of amides is 2. The summed E-state index contributed by atoms with van der Waals surface area (Å²) in [6.07, 6.45) is 1.28. The maximum Gasteiger partial charge on any atom is 0.250 e. The molecule has 184 valence electrons. The number of benzene rings is 1. The van der Waals surface area contributed by atoms with Crippen molar-refractivity contribution >= 4 is 29.1 Å². The van der Waals surface area contributed by atoms with Gasteiger partial charge in [-0.3, -0.25) is 24.2 Å². The number of methoxy groups -OCH3 is 1. The quantitative estimate of drug-likeness (QED) is 0.466. The molecule has 0 unspecified atom stereocenters. The molecule has 0 radical (unpaired) electrons. The van der Waals surface area contributed by atoms with Crippen LogP contribution in [-0.2, 0) is 22.6 Å². The van der Waals surface area contributed by atoms with Crippen molar-refractivity contribution in [1.82, 2.24) is 19.3 Å². The lowest BCUT2D eigenvalue weighted by molar-refractivity contribution is -0.157. The Morgan fingerprint density at radius 1 is 0.971 bits per heavy atom. The Labute approximate surface area is 210 Å². The first-order chi connectivity index (χ1) is 16.7. The third kappa shape index (κ3) is 3.96. The van der Waals surface area contributed by atoms with E-state index in [-0.39, 0.29) is 34.8 Å².